The van der Waals surface area contributed by atoms with Crippen molar-refractivity contribution in [2.45, 2.75) is 32.4 Å². The van der Waals surface area contributed by atoms with E-state index in [0.717, 1.165) is 11.1 Å². The van der Waals surface area contributed by atoms with E-state index in [0.29, 0.717) is 23.2 Å². The van der Waals surface area contributed by atoms with E-state index in [4.69, 9.17) is 0 Å². The van der Waals surface area contributed by atoms with E-state index in [1.54, 1.807) is 41.9 Å². The summed E-state index contributed by atoms with van der Waals surface area (Å²) in [6, 6.07) is 11.3. The number of amides is 1. The van der Waals surface area contributed by atoms with Gasteiger partial charge in [0, 0.05) is 17.0 Å². The zero-order valence-corrected chi connectivity index (χ0v) is 17.7. The fourth-order valence-corrected chi connectivity index (χ4v) is 5.92. The third kappa shape index (κ3) is 4.25. The average molecular weight is 449 g/mol. The minimum absolute atomic E-state index is 0.0221. The molecule has 3 aromatic rings. The normalized spacial score (nSPS) is 16.8. The minimum atomic E-state index is -3.09. The van der Waals surface area contributed by atoms with Gasteiger partial charge in [0.1, 0.15) is 5.75 Å². The quantitative estimate of drug-likeness (QED) is 0.625. The van der Waals surface area contributed by atoms with Gasteiger partial charge in [-0.15, -0.1) is 0 Å². The summed E-state index contributed by atoms with van der Waals surface area (Å²) in [5.74, 6) is -0.498. The second kappa shape index (κ2) is 7.60. The van der Waals surface area contributed by atoms with E-state index in [9.17, 15) is 22.0 Å². The van der Waals surface area contributed by atoms with E-state index in [2.05, 4.69) is 15.2 Å². The summed E-state index contributed by atoms with van der Waals surface area (Å²) in [6.07, 6.45) is 0.595. The van der Waals surface area contributed by atoms with Crippen molar-refractivity contribution >= 4 is 26.6 Å². The van der Waals surface area contributed by atoms with Gasteiger partial charge in [-0.1, -0.05) is 13.0 Å². The van der Waals surface area contributed by atoms with Gasteiger partial charge in [-0.25, -0.2) is 13.1 Å². The van der Waals surface area contributed by atoms with Crippen molar-refractivity contribution in [2.75, 3.05) is 11.5 Å². The topological polar surface area (TPSA) is 90.3 Å². The molecule has 2 aromatic carbocycles. The Balaban J connectivity index is 1.68. The van der Waals surface area contributed by atoms with Crippen molar-refractivity contribution in [2.24, 2.45) is 0 Å². The highest BCUT2D eigenvalue weighted by Gasteiger charge is 2.45. The zero-order chi connectivity index (χ0) is 22.4. The monoisotopic (exact) mass is 449 g/mol. The highest BCUT2D eigenvalue weighted by Crippen LogP contribution is 2.27. The molecule has 10 heteroatoms. The van der Waals surface area contributed by atoms with E-state index in [1.807, 2.05) is 6.92 Å². The van der Waals surface area contributed by atoms with Crippen LogP contribution in [0.25, 0.3) is 16.6 Å². The molecule has 1 saturated heterocycles. The Kier molecular flexibility index (Phi) is 5.20. The molecular weight excluding hydrogens is 428 g/mol. The Hall–Kier alpha value is -3.01. The number of hydrogen-bond donors (Lipinski definition) is 1. The van der Waals surface area contributed by atoms with Crippen LogP contribution < -0.4 is 10.1 Å². The first-order valence-corrected chi connectivity index (χ1v) is 11.5. The van der Waals surface area contributed by atoms with Gasteiger partial charge >= 0.3 is 6.61 Å². The minimum Gasteiger partial charge on any atom is -0.435 e. The summed E-state index contributed by atoms with van der Waals surface area (Å²) in [7, 11) is -3.09. The SMILES string of the molecule is CCc1nn(-c2cccc(OC(F)F)c2)c2ccc(C(=O)NC3(C)CS(=O)(=O)C3)cc12. The van der Waals surface area contributed by atoms with Crippen molar-refractivity contribution in [3.63, 3.8) is 0 Å². The zero-order valence-electron chi connectivity index (χ0n) is 16.9. The second-order valence-corrected chi connectivity index (χ2v) is 9.93. The number of carbonyl (C=O) groups excluding carboxylic acids is 1. The van der Waals surface area contributed by atoms with Crippen molar-refractivity contribution in [1.29, 1.82) is 0 Å². The summed E-state index contributed by atoms with van der Waals surface area (Å²) in [5.41, 5.74) is 1.62. The molecule has 31 heavy (non-hydrogen) atoms. The van der Waals surface area contributed by atoms with E-state index in [1.165, 1.54) is 12.1 Å². The van der Waals surface area contributed by atoms with Gasteiger partial charge in [0.25, 0.3) is 5.91 Å². The molecule has 0 spiro atoms. The molecule has 1 aliphatic heterocycles. The maximum atomic E-state index is 12.7. The molecule has 4 rings (SSSR count). The number of benzene rings is 2. The van der Waals surface area contributed by atoms with Gasteiger partial charge in [-0.2, -0.15) is 13.9 Å². The summed E-state index contributed by atoms with van der Waals surface area (Å²) in [5, 5.41) is 8.13. The van der Waals surface area contributed by atoms with Crippen LogP contribution in [0.5, 0.6) is 5.75 Å². The number of ether oxygens (including phenoxy) is 1. The number of aryl methyl sites for hydroxylation is 1. The third-order valence-electron chi connectivity index (χ3n) is 5.13. The van der Waals surface area contributed by atoms with Crippen LogP contribution in [0.1, 0.15) is 29.9 Å². The van der Waals surface area contributed by atoms with Crippen molar-refractivity contribution in [3.8, 4) is 11.4 Å². The molecule has 1 aliphatic rings. The molecule has 0 radical (unpaired) electrons. The lowest BCUT2D eigenvalue weighted by Gasteiger charge is -2.38. The maximum absolute atomic E-state index is 12.7. The molecule has 0 unspecified atom stereocenters. The van der Waals surface area contributed by atoms with Crippen LogP contribution in [0, 0.1) is 0 Å². The van der Waals surface area contributed by atoms with Gasteiger partial charge in [0.05, 0.1) is 33.9 Å². The number of nitrogens with one attached hydrogen (secondary N) is 1. The van der Waals surface area contributed by atoms with Crippen LogP contribution in [0.3, 0.4) is 0 Å². The van der Waals surface area contributed by atoms with Crippen molar-refractivity contribution in [1.82, 2.24) is 15.1 Å². The number of sulfone groups is 1. The molecular formula is C21H21F2N3O4S. The predicted molar refractivity (Wildman–Crippen MR) is 112 cm³/mol. The van der Waals surface area contributed by atoms with Crippen LogP contribution in [0.2, 0.25) is 0 Å². The van der Waals surface area contributed by atoms with E-state index < -0.39 is 22.0 Å². The Morgan fingerprint density at radius 2 is 2.00 bits per heavy atom. The van der Waals surface area contributed by atoms with Gasteiger partial charge in [0.15, 0.2) is 9.84 Å². The van der Waals surface area contributed by atoms with Gasteiger partial charge in [0.2, 0.25) is 0 Å². The molecule has 1 amide bonds. The van der Waals surface area contributed by atoms with Gasteiger partial charge in [-0.3, -0.25) is 4.79 Å². The van der Waals surface area contributed by atoms with Gasteiger partial charge < -0.3 is 10.1 Å². The standard InChI is InChI=1S/C21H21F2N3O4S/c1-3-17-16-9-13(19(27)24-21(2)11-31(28,29)12-21)7-8-18(16)26(25-17)14-5-4-6-15(10-14)30-20(22)23/h4-10,20H,3,11-12H2,1-2H3,(H,24,27). The number of alkyl halides is 2. The molecule has 0 aliphatic carbocycles. The summed E-state index contributed by atoms with van der Waals surface area (Å²) in [4.78, 5) is 12.7. The van der Waals surface area contributed by atoms with Crippen LogP contribution >= 0.6 is 0 Å². The van der Waals surface area contributed by atoms with Crippen LogP contribution in [0.15, 0.2) is 42.5 Å². The fraction of sp³-hybridized carbons (Fsp3) is 0.333. The van der Waals surface area contributed by atoms with Gasteiger partial charge in [-0.05, 0) is 43.7 Å². The summed E-state index contributed by atoms with van der Waals surface area (Å²) in [6.45, 7) is 0.702. The highest BCUT2D eigenvalue weighted by atomic mass is 32.2. The first kappa shape index (κ1) is 21.2. The van der Waals surface area contributed by atoms with E-state index in [-0.39, 0.29) is 23.2 Å². The summed E-state index contributed by atoms with van der Waals surface area (Å²) < 4.78 is 54.2. The molecule has 1 N–H and O–H groups in total. The molecule has 164 valence electrons. The maximum Gasteiger partial charge on any atom is 0.387 e. The van der Waals surface area contributed by atoms with Crippen LogP contribution in [-0.2, 0) is 16.3 Å². The number of fused-ring (bicyclic) bond motifs is 1. The molecule has 0 saturated carbocycles. The lowest BCUT2D eigenvalue weighted by molar-refractivity contribution is -0.0498. The Labute approximate surface area is 177 Å². The predicted octanol–water partition coefficient (Wildman–Crippen LogP) is 3.11. The Bertz CT molecular complexity index is 1260. The number of aromatic nitrogens is 2. The Morgan fingerprint density at radius 1 is 1.26 bits per heavy atom. The molecule has 2 heterocycles. The van der Waals surface area contributed by atoms with Crippen molar-refractivity contribution in [3.05, 3.63) is 53.7 Å². The fourth-order valence-electron chi connectivity index (χ4n) is 3.92. The second-order valence-electron chi connectivity index (χ2n) is 7.87. The highest BCUT2D eigenvalue weighted by molar-refractivity contribution is 7.93. The lowest BCUT2D eigenvalue weighted by atomic mass is 10.0. The third-order valence-corrected chi connectivity index (χ3v) is 7.29. The van der Waals surface area contributed by atoms with E-state index >= 15 is 0 Å². The molecule has 1 fully saturated rings. The Morgan fingerprint density at radius 3 is 2.65 bits per heavy atom. The molecule has 0 bridgehead atoms. The lowest BCUT2D eigenvalue weighted by Crippen LogP contribution is -2.63. The number of halogens is 2. The number of hydrogen-bond acceptors (Lipinski definition) is 5. The molecule has 0 atom stereocenters. The van der Waals surface area contributed by atoms with Crippen LogP contribution in [-0.4, -0.2) is 47.8 Å². The largest absolute Gasteiger partial charge is 0.435 e. The number of nitrogens with zero attached hydrogens (tertiary/aromatic N) is 2. The molecule has 7 nitrogen and oxygen atoms in total. The number of rotatable bonds is 6. The number of carbonyl (C=O) groups is 1. The van der Waals surface area contributed by atoms with Crippen LogP contribution in [0.4, 0.5) is 8.78 Å². The first-order chi connectivity index (χ1) is 14.6. The molecule has 1 aromatic heterocycles. The average Bonchev–Trinajstić information content (AvgIpc) is 3.03. The van der Waals surface area contributed by atoms with Crippen molar-refractivity contribution < 1.29 is 26.7 Å². The smallest absolute Gasteiger partial charge is 0.387 e. The summed E-state index contributed by atoms with van der Waals surface area (Å²) >= 11 is 0. The first-order valence-electron chi connectivity index (χ1n) is 9.69.